The lowest BCUT2D eigenvalue weighted by Crippen LogP contribution is -2.04. The second kappa shape index (κ2) is 6.60. The predicted molar refractivity (Wildman–Crippen MR) is 85.7 cm³/mol. The molecule has 0 fully saturated rings. The van der Waals surface area contributed by atoms with E-state index in [1.54, 1.807) is 24.3 Å². The molecular formula is C17H10ClF3N2O2. The molecule has 25 heavy (non-hydrogen) atoms. The fraction of sp³-hybridized carbons (Fsp3) is 0.0588. The molecule has 0 spiro atoms. The van der Waals surface area contributed by atoms with Crippen LogP contribution in [0.3, 0.4) is 0 Å². The molecule has 0 bridgehead atoms. The maximum Gasteiger partial charge on any atom is 0.416 e. The molecule has 0 saturated heterocycles. The highest BCUT2D eigenvalue weighted by molar-refractivity contribution is 6.29. The molecule has 2 aromatic carbocycles. The van der Waals surface area contributed by atoms with Gasteiger partial charge in [0.15, 0.2) is 10.9 Å². The Kier molecular flexibility index (Phi) is 4.50. The van der Waals surface area contributed by atoms with Gasteiger partial charge in [-0.2, -0.15) is 13.2 Å². The first-order valence-corrected chi connectivity index (χ1v) is 7.39. The van der Waals surface area contributed by atoms with E-state index in [2.05, 4.69) is 10.2 Å². The second-order valence-corrected chi connectivity index (χ2v) is 5.42. The number of rotatable bonds is 3. The maximum absolute atomic E-state index is 12.9. The molecule has 0 unspecified atom stereocenters. The van der Waals surface area contributed by atoms with Crippen molar-refractivity contribution in [1.82, 2.24) is 10.2 Å². The summed E-state index contributed by atoms with van der Waals surface area (Å²) < 4.78 is 44.3. The van der Waals surface area contributed by atoms with Crippen LogP contribution in [0.25, 0.3) is 11.1 Å². The fourth-order valence-corrected chi connectivity index (χ4v) is 2.32. The molecule has 1 N–H and O–H groups in total. The van der Waals surface area contributed by atoms with Crippen LogP contribution in [0.2, 0.25) is 5.15 Å². The predicted octanol–water partition coefficient (Wildman–Crippen LogP) is 5.31. The third kappa shape index (κ3) is 3.83. The highest BCUT2D eigenvalue weighted by Crippen LogP contribution is 2.38. The molecule has 3 aromatic rings. The molecule has 8 heteroatoms. The summed E-state index contributed by atoms with van der Waals surface area (Å²) in [6.07, 6.45) is -4.45. The maximum atomic E-state index is 12.9. The average molecular weight is 367 g/mol. The zero-order valence-corrected chi connectivity index (χ0v) is 13.2. The van der Waals surface area contributed by atoms with Gasteiger partial charge in [0.25, 0.3) is 5.88 Å². The number of nitrogens with zero attached hydrogens (tertiary/aromatic N) is 2. The van der Waals surface area contributed by atoms with Gasteiger partial charge in [0, 0.05) is 11.6 Å². The molecule has 0 amide bonds. The van der Waals surface area contributed by atoms with E-state index < -0.39 is 11.7 Å². The van der Waals surface area contributed by atoms with Gasteiger partial charge in [-0.05, 0) is 23.8 Å². The number of hydrogen-bond acceptors (Lipinski definition) is 4. The van der Waals surface area contributed by atoms with E-state index in [1.165, 1.54) is 12.1 Å². The van der Waals surface area contributed by atoms with Gasteiger partial charge < -0.3 is 9.84 Å². The molecule has 0 atom stereocenters. The van der Waals surface area contributed by atoms with Crippen molar-refractivity contribution >= 4 is 11.6 Å². The Balaban J connectivity index is 2.02. The van der Waals surface area contributed by atoms with Gasteiger partial charge in [-0.3, -0.25) is 0 Å². The molecule has 0 radical (unpaired) electrons. The Morgan fingerprint density at radius 2 is 1.72 bits per heavy atom. The Morgan fingerprint density at radius 3 is 2.44 bits per heavy atom. The van der Waals surface area contributed by atoms with Crippen molar-refractivity contribution in [2.24, 2.45) is 0 Å². The summed E-state index contributed by atoms with van der Waals surface area (Å²) in [5, 5.41) is 17.0. The summed E-state index contributed by atoms with van der Waals surface area (Å²) in [5.74, 6) is -0.323. The summed E-state index contributed by atoms with van der Waals surface area (Å²) >= 11 is 5.61. The molecular weight excluding hydrogens is 357 g/mol. The molecule has 128 valence electrons. The van der Waals surface area contributed by atoms with Gasteiger partial charge in [0.1, 0.15) is 5.75 Å². The minimum Gasteiger partial charge on any atom is -0.503 e. The summed E-state index contributed by atoms with van der Waals surface area (Å²) in [5.41, 5.74) is -0.0504. The SMILES string of the molecule is Oc1cc(Cl)nnc1Oc1ccccc1-c1cccc(C(F)(F)F)c1. The number of ether oxygens (including phenoxy) is 1. The first-order valence-electron chi connectivity index (χ1n) is 7.01. The van der Waals surface area contributed by atoms with E-state index in [4.69, 9.17) is 16.3 Å². The van der Waals surface area contributed by atoms with Crippen molar-refractivity contribution in [1.29, 1.82) is 0 Å². The van der Waals surface area contributed by atoms with Crippen LogP contribution < -0.4 is 4.74 Å². The van der Waals surface area contributed by atoms with Crippen molar-refractivity contribution in [2.45, 2.75) is 6.18 Å². The topological polar surface area (TPSA) is 55.2 Å². The molecule has 0 aliphatic carbocycles. The lowest BCUT2D eigenvalue weighted by Gasteiger charge is -2.13. The van der Waals surface area contributed by atoms with Crippen LogP contribution in [0.15, 0.2) is 54.6 Å². The third-order valence-electron chi connectivity index (χ3n) is 3.31. The van der Waals surface area contributed by atoms with Crippen molar-refractivity contribution in [3.05, 3.63) is 65.3 Å². The Hall–Kier alpha value is -2.80. The quantitative estimate of drug-likeness (QED) is 0.682. The number of aromatic nitrogens is 2. The van der Waals surface area contributed by atoms with Crippen LogP contribution in [-0.2, 0) is 6.18 Å². The van der Waals surface area contributed by atoms with Gasteiger partial charge >= 0.3 is 6.18 Å². The number of hydrogen-bond donors (Lipinski definition) is 1. The Bertz CT molecular complexity index is 916. The normalized spacial score (nSPS) is 11.4. The van der Waals surface area contributed by atoms with Crippen molar-refractivity contribution in [2.75, 3.05) is 0 Å². The fourth-order valence-electron chi connectivity index (χ4n) is 2.18. The van der Waals surface area contributed by atoms with Crippen LogP contribution in [0, 0.1) is 0 Å². The molecule has 1 heterocycles. The number of benzene rings is 2. The van der Waals surface area contributed by atoms with Gasteiger partial charge in [0.05, 0.1) is 5.56 Å². The lowest BCUT2D eigenvalue weighted by molar-refractivity contribution is -0.137. The molecule has 0 aliphatic rings. The number of alkyl halides is 3. The summed E-state index contributed by atoms with van der Waals surface area (Å²) in [6, 6.07) is 12.5. The van der Waals surface area contributed by atoms with E-state index in [0.29, 0.717) is 11.1 Å². The average Bonchev–Trinajstić information content (AvgIpc) is 2.57. The zero-order valence-electron chi connectivity index (χ0n) is 12.5. The smallest absolute Gasteiger partial charge is 0.416 e. The van der Waals surface area contributed by atoms with E-state index >= 15 is 0 Å². The molecule has 4 nitrogen and oxygen atoms in total. The Morgan fingerprint density at radius 1 is 0.960 bits per heavy atom. The third-order valence-corrected chi connectivity index (χ3v) is 3.49. The van der Waals surface area contributed by atoms with Crippen LogP contribution in [0.1, 0.15) is 5.56 Å². The minimum absolute atomic E-state index is 0.0176. The first-order chi connectivity index (χ1) is 11.8. The van der Waals surface area contributed by atoms with Crippen LogP contribution in [0.5, 0.6) is 17.4 Å². The highest BCUT2D eigenvalue weighted by Gasteiger charge is 2.30. The Labute approximate surface area is 145 Å². The van der Waals surface area contributed by atoms with Gasteiger partial charge in [-0.25, -0.2) is 0 Å². The standard InChI is InChI=1S/C17H10ClF3N2O2/c18-15-9-13(24)16(23-22-15)25-14-7-2-1-6-12(14)10-4-3-5-11(8-10)17(19,20)21/h1-9H,(H,22,24). The van der Waals surface area contributed by atoms with E-state index in [9.17, 15) is 18.3 Å². The van der Waals surface area contributed by atoms with E-state index in [0.717, 1.165) is 18.2 Å². The lowest BCUT2D eigenvalue weighted by atomic mass is 10.0. The molecule has 0 aliphatic heterocycles. The minimum atomic E-state index is -4.45. The van der Waals surface area contributed by atoms with E-state index in [-0.39, 0.29) is 22.5 Å². The van der Waals surface area contributed by atoms with Crippen molar-refractivity contribution in [3.63, 3.8) is 0 Å². The number of halogens is 4. The van der Waals surface area contributed by atoms with Gasteiger partial charge in [-0.1, -0.05) is 41.9 Å². The molecule has 1 aromatic heterocycles. The van der Waals surface area contributed by atoms with Gasteiger partial charge in [-0.15, -0.1) is 10.2 Å². The van der Waals surface area contributed by atoms with Crippen molar-refractivity contribution in [3.8, 4) is 28.5 Å². The summed E-state index contributed by atoms with van der Waals surface area (Å²) in [4.78, 5) is 0. The van der Waals surface area contributed by atoms with Crippen molar-refractivity contribution < 1.29 is 23.0 Å². The molecule has 0 saturated carbocycles. The number of aromatic hydroxyl groups is 1. The highest BCUT2D eigenvalue weighted by atomic mass is 35.5. The van der Waals surface area contributed by atoms with Crippen LogP contribution in [0.4, 0.5) is 13.2 Å². The summed E-state index contributed by atoms with van der Waals surface area (Å²) in [6.45, 7) is 0. The molecule has 3 rings (SSSR count). The first kappa shape index (κ1) is 17.0. The zero-order chi connectivity index (χ0) is 18.0. The number of para-hydroxylation sites is 1. The van der Waals surface area contributed by atoms with E-state index in [1.807, 2.05) is 0 Å². The largest absolute Gasteiger partial charge is 0.503 e. The second-order valence-electron chi connectivity index (χ2n) is 5.03. The van der Waals surface area contributed by atoms with Crippen LogP contribution in [-0.4, -0.2) is 15.3 Å². The summed E-state index contributed by atoms with van der Waals surface area (Å²) in [7, 11) is 0. The monoisotopic (exact) mass is 366 g/mol. The van der Waals surface area contributed by atoms with Gasteiger partial charge in [0.2, 0.25) is 0 Å². The van der Waals surface area contributed by atoms with Crippen LogP contribution >= 0.6 is 11.6 Å².